The zero-order valence-corrected chi connectivity index (χ0v) is 33.4. The molecule has 0 radical (unpaired) electrons. The van der Waals surface area contributed by atoms with Gasteiger partial charge >= 0.3 is 0 Å². The van der Waals surface area contributed by atoms with Crippen molar-refractivity contribution in [3.05, 3.63) is 245 Å². The van der Waals surface area contributed by atoms with Gasteiger partial charge in [-0.15, -0.1) is 0 Å². The van der Waals surface area contributed by atoms with Crippen molar-refractivity contribution in [1.82, 2.24) is 0 Å². The van der Waals surface area contributed by atoms with Crippen LogP contribution in [0, 0.1) is 13.8 Å². The highest BCUT2D eigenvalue weighted by Crippen LogP contribution is 2.63. The number of hydrogen-bond acceptors (Lipinski definition) is 0. The molecule has 9 aromatic rings. The Morgan fingerprint density at radius 2 is 0.915 bits per heavy atom. The van der Waals surface area contributed by atoms with E-state index in [9.17, 15) is 0 Å². The van der Waals surface area contributed by atoms with Crippen LogP contribution in [-0.4, -0.2) is 0 Å². The van der Waals surface area contributed by atoms with Crippen LogP contribution in [0.3, 0.4) is 0 Å². The van der Waals surface area contributed by atoms with Crippen LogP contribution in [0.15, 0.2) is 195 Å². The van der Waals surface area contributed by atoms with Gasteiger partial charge in [-0.25, -0.2) is 0 Å². The molecule has 0 heteroatoms. The molecule has 278 valence electrons. The van der Waals surface area contributed by atoms with Gasteiger partial charge in [0.15, 0.2) is 0 Å². The molecule has 0 heterocycles. The highest BCUT2D eigenvalue weighted by atomic mass is 14.5. The third-order valence-corrected chi connectivity index (χ3v) is 13.3. The predicted molar refractivity (Wildman–Crippen MR) is 254 cm³/mol. The number of allylic oxidation sites excluding steroid dienone is 4. The minimum Gasteiger partial charge on any atom is -0.0991 e. The van der Waals surface area contributed by atoms with Crippen LogP contribution < -0.4 is 0 Å². The Morgan fingerprint density at radius 3 is 1.54 bits per heavy atom. The molecular formula is C59H42. The van der Waals surface area contributed by atoms with Crippen molar-refractivity contribution in [2.45, 2.75) is 19.3 Å². The number of rotatable bonds is 6. The first-order valence-electron chi connectivity index (χ1n) is 20.6. The standard InChI is InChI=1S/C59H42/c1-5-6-15-40-26-27-41(39(4)38(40)3)25-24-37(2)42-29-32-57-53(34-42)54-36-44(30-33-58(54)59(57)55-22-13-11-20-50(55)51-21-12-14-23-56(51)59)43-28-31-49-47-18-8-7-16-45(47)46-17-9-10-19-48(46)52(49)35-43/h5-36H,1-2H2,3-4H3/b15-6-,25-24-. The first-order valence-corrected chi connectivity index (χ1v) is 20.6. The molecule has 59 heavy (non-hydrogen) atoms. The summed E-state index contributed by atoms with van der Waals surface area (Å²) in [6.45, 7) is 12.8. The molecule has 0 N–H and O–H groups in total. The zero-order valence-electron chi connectivity index (χ0n) is 33.4. The zero-order chi connectivity index (χ0) is 39.8. The second-order valence-electron chi connectivity index (χ2n) is 16.2. The normalized spacial score (nSPS) is 13.4. The molecule has 2 aliphatic carbocycles. The van der Waals surface area contributed by atoms with E-state index < -0.39 is 5.41 Å². The summed E-state index contributed by atoms with van der Waals surface area (Å²) in [5.74, 6) is 0. The predicted octanol–water partition coefficient (Wildman–Crippen LogP) is 15.7. The largest absolute Gasteiger partial charge is 0.0991 e. The lowest BCUT2D eigenvalue weighted by atomic mass is 9.70. The molecule has 0 atom stereocenters. The molecule has 0 fully saturated rings. The van der Waals surface area contributed by atoms with E-state index >= 15 is 0 Å². The van der Waals surface area contributed by atoms with Crippen LogP contribution in [0.5, 0.6) is 0 Å². The lowest BCUT2D eigenvalue weighted by Crippen LogP contribution is -2.25. The topological polar surface area (TPSA) is 0 Å². The van der Waals surface area contributed by atoms with E-state index in [1.165, 1.54) is 110 Å². The summed E-state index contributed by atoms with van der Waals surface area (Å²) in [6.07, 6.45) is 10.3. The van der Waals surface area contributed by atoms with Crippen LogP contribution in [0.1, 0.15) is 50.1 Å². The van der Waals surface area contributed by atoms with Crippen molar-refractivity contribution in [3.8, 4) is 33.4 Å². The molecule has 0 unspecified atom stereocenters. The van der Waals surface area contributed by atoms with Gasteiger partial charge in [0.25, 0.3) is 0 Å². The summed E-state index contributed by atoms with van der Waals surface area (Å²) in [6, 6.07) is 61.4. The highest BCUT2D eigenvalue weighted by molar-refractivity contribution is 6.25. The SMILES string of the molecule is C=C/C=C\c1ccc(/C=C\C(=C)c2ccc3c(c2)-c2cc(-c4ccc5c6ccccc6c6ccccc6c5c4)ccc2C32c3ccccc3-c3ccccc32)c(C)c1C. The Hall–Kier alpha value is -7.28. The second kappa shape index (κ2) is 13.4. The van der Waals surface area contributed by atoms with Crippen molar-refractivity contribution < 1.29 is 0 Å². The molecule has 9 aromatic carbocycles. The fourth-order valence-electron chi connectivity index (χ4n) is 10.3. The Kier molecular flexibility index (Phi) is 7.93. The van der Waals surface area contributed by atoms with E-state index in [2.05, 4.69) is 209 Å². The summed E-state index contributed by atoms with van der Waals surface area (Å²) < 4.78 is 0. The van der Waals surface area contributed by atoms with E-state index in [0.717, 1.165) is 11.1 Å². The van der Waals surface area contributed by atoms with Gasteiger partial charge in [-0.3, -0.25) is 0 Å². The molecule has 0 amide bonds. The minimum absolute atomic E-state index is 0.416. The number of hydrogen-bond donors (Lipinski definition) is 0. The van der Waals surface area contributed by atoms with Gasteiger partial charge in [-0.1, -0.05) is 189 Å². The van der Waals surface area contributed by atoms with E-state index in [0.29, 0.717) is 0 Å². The van der Waals surface area contributed by atoms with E-state index in [-0.39, 0.29) is 0 Å². The van der Waals surface area contributed by atoms with Crippen molar-refractivity contribution in [3.63, 3.8) is 0 Å². The third-order valence-electron chi connectivity index (χ3n) is 13.3. The molecule has 2 aliphatic rings. The maximum absolute atomic E-state index is 4.62. The Bertz CT molecular complexity index is 3250. The van der Waals surface area contributed by atoms with Gasteiger partial charge in [-0.2, -0.15) is 0 Å². The molecule has 11 rings (SSSR count). The first kappa shape index (κ1) is 34.9. The van der Waals surface area contributed by atoms with Crippen molar-refractivity contribution in [2.24, 2.45) is 0 Å². The Labute approximate surface area is 346 Å². The lowest BCUT2D eigenvalue weighted by Gasteiger charge is -2.30. The molecule has 0 nitrogen and oxygen atoms in total. The monoisotopic (exact) mass is 750 g/mol. The van der Waals surface area contributed by atoms with Crippen LogP contribution in [0.25, 0.3) is 83.4 Å². The molecule has 0 aliphatic heterocycles. The second-order valence-corrected chi connectivity index (χ2v) is 16.2. The van der Waals surface area contributed by atoms with Crippen LogP contribution in [0.2, 0.25) is 0 Å². The molecule has 1 spiro atoms. The van der Waals surface area contributed by atoms with Crippen LogP contribution in [-0.2, 0) is 5.41 Å². The van der Waals surface area contributed by atoms with Crippen molar-refractivity contribution in [1.29, 1.82) is 0 Å². The van der Waals surface area contributed by atoms with E-state index in [4.69, 9.17) is 0 Å². The molecule has 0 aromatic heterocycles. The molecule has 0 bridgehead atoms. The van der Waals surface area contributed by atoms with Crippen molar-refractivity contribution in [2.75, 3.05) is 0 Å². The number of fused-ring (bicyclic) bond motifs is 16. The average Bonchev–Trinajstić information content (AvgIpc) is 3.75. The summed E-state index contributed by atoms with van der Waals surface area (Å²) >= 11 is 0. The van der Waals surface area contributed by atoms with Gasteiger partial charge in [0.05, 0.1) is 5.41 Å². The molecule has 0 saturated heterocycles. The summed E-state index contributed by atoms with van der Waals surface area (Å²) in [5, 5.41) is 7.74. The smallest absolute Gasteiger partial charge is 0.0725 e. The fourth-order valence-corrected chi connectivity index (χ4v) is 10.3. The van der Waals surface area contributed by atoms with Crippen molar-refractivity contribution >= 4 is 50.0 Å². The summed E-state index contributed by atoms with van der Waals surface area (Å²) in [7, 11) is 0. The fraction of sp³-hybridized carbons (Fsp3) is 0.0508. The van der Waals surface area contributed by atoms with Gasteiger partial charge in [0.1, 0.15) is 0 Å². The minimum atomic E-state index is -0.416. The maximum Gasteiger partial charge on any atom is 0.0725 e. The summed E-state index contributed by atoms with van der Waals surface area (Å²) in [4.78, 5) is 0. The quantitative estimate of drug-likeness (QED) is 0.117. The molecular weight excluding hydrogens is 709 g/mol. The maximum atomic E-state index is 4.62. The third kappa shape index (κ3) is 5.09. The van der Waals surface area contributed by atoms with Crippen LogP contribution >= 0.6 is 0 Å². The highest BCUT2D eigenvalue weighted by Gasteiger charge is 2.51. The Morgan fingerprint density at radius 1 is 0.441 bits per heavy atom. The number of benzene rings is 9. The molecule has 0 saturated carbocycles. The van der Waals surface area contributed by atoms with E-state index in [1.807, 2.05) is 12.2 Å². The lowest BCUT2D eigenvalue weighted by molar-refractivity contribution is 0.794. The summed E-state index contributed by atoms with van der Waals surface area (Å²) in [5.41, 5.74) is 19.6. The Balaban J connectivity index is 1.09. The first-order chi connectivity index (χ1) is 29.0. The van der Waals surface area contributed by atoms with Gasteiger partial charge in [0, 0.05) is 0 Å². The average molecular weight is 751 g/mol. The van der Waals surface area contributed by atoms with Gasteiger partial charge in [-0.05, 0) is 153 Å². The van der Waals surface area contributed by atoms with Gasteiger partial charge < -0.3 is 0 Å². The van der Waals surface area contributed by atoms with E-state index in [1.54, 1.807) is 0 Å². The van der Waals surface area contributed by atoms with Gasteiger partial charge in [0.2, 0.25) is 0 Å². The van der Waals surface area contributed by atoms with Crippen LogP contribution in [0.4, 0.5) is 0 Å².